The molecule has 5 nitrogen and oxygen atoms in total. The number of carboxylic acids is 1. The van der Waals surface area contributed by atoms with Crippen molar-refractivity contribution in [3.8, 4) is 0 Å². The highest BCUT2D eigenvalue weighted by atomic mass is 16.4. The van der Waals surface area contributed by atoms with Crippen LogP contribution in [0.4, 0.5) is 4.79 Å². The summed E-state index contributed by atoms with van der Waals surface area (Å²) in [6.07, 6.45) is 2.12. The molecule has 0 heterocycles. The van der Waals surface area contributed by atoms with Gasteiger partial charge in [0.05, 0.1) is 0 Å². The van der Waals surface area contributed by atoms with Gasteiger partial charge in [0, 0.05) is 6.54 Å². The fourth-order valence-corrected chi connectivity index (χ4v) is 1.86. The Balaban J connectivity index is 2.46. The summed E-state index contributed by atoms with van der Waals surface area (Å²) in [5.74, 6) is -0.996. The van der Waals surface area contributed by atoms with Gasteiger partial charge in [0.2, 0.25) is 0 Å². The van der Waals surface area contributed by atoms with E-state index in [0.717, 1.165) is 24.0 Å². The average molecular weight is 278 g/mol. The first kappa shape index (κ1) is 16.0. The second kappa shape index (κ2) is 8.19. The molecule has 0 bridgehead atoms. The molecule has 1 aromatic carbocycles. The van der Waals surface area contributed by atoms with E-state index >= 15 is 0 Å². The predicted molar refractivity (Wildman–Crippen MR) is 77.5 cm³/mol. The zero-order valence-electron chi connectivity index (χ0n) is 12.0. The molecule has 0 fully saturated rings. The Kier molecular flexibility index (Phi) is 6.56. The fraction of sp³-hybridized carbons (Fsp3) is 0.467. The lowest BCUT2D eigenvalue weighted by Gasteiger charge is -2.15. The van der Waals surface area contributed by atoms with Crippen molar-refractivity contribution in [1.29, 1.82) is 0 Å². The van der Waals surface area contributed by atoms with Crippen LogP contribution in [0, 0.1) is 6.92 Å². The van der Waals surface area contributed by atoms with Crippen LogP contribution in [0.5, 0.6) is 0 Å². The lowest BCUT2D eigenvalue weighted by Crippen LogP contribution is -2.45. The van der Waals surface area contributed by atoms with Crippen LogP contribution < -0.4 is 10.6 Å². The van der Waals surface area contributed by atoms with Crippen molar-refractivity contribution in [2.45, 2.75) is 45.7 Å². The van der Waals surface area contributed by atoms with E-state index in [1.807, 2.05) is 38.1 Å². The normalized spacial score (nSPS) is 11.7. The standard InChI is InChI=1S/C15H22N2O3/c1-3-4-9-13(14(18)19)17-15(20)16-10-12-8-6-5-7-11(12)2/h5-8,13H,3-4,9-10H2,1-2H3,(H,18,19)(H2,16,17,20). The molecule has 0 spiro atoms. The number of rotatable bonds is 7. The maximum Gasteiger partial charge on any atom is 0.326 e. The summed E-state index contributed by atoms with van der Waals surface area (Å²) in [5, 5.41) is 14.2. The summed E-state index contributed by atoms with van der Waals surface area (Å²) < 4.78 is 0. The van der Waals surface area contributed by atoms with Gasteiger partial charge in [-0.1, -0.05) is 44.0 Å². The molecule has 3 N–H and O–H groups in total. The Labute approximate surface area is 119 Å². The number of aryl methyl sites for hydroxylation is 1. The molecule has 1 rings (SSSR count). The minimum absolute atomic E-state index is 0.388. The smallest absolute Gasteiger partial charge is 0.326 e. The van der Waals surface area contributed by atoms with E-state index in [1.54, 1.807) is 0 Å². The number of carboxylic acid groups (broad SMARTS) is 1. The molecule has 0 saturated heterocycles. The fourth-order valence-electron chi connectivity index (χ4n) is 1.86. The van der Waals surface area contributed by atoms with E-state index < -0.39 is 18.0 Å². The first-order valence-corrected chi connectivity index (χ1v) is 6.86. The van der Waals surface area contributed by atoms with Crippen LogP contribution in [0.25, 0.3) is 0 Å². The third-order valence-corrected chi connectivity index (χ3v) is 3.15. The third kappa shape index (κ3) is 5.30. The Bertz CT molecular complexity index is 460. The Hall–Kier alpha value is -2.04. The van der Waals surface area contributed by atoms with Gasteiger partial charge in [0.25, 0.3) is 0 Å². The van der Waals surface area contributed by atoms with E-state index in [1.165, 1.54) is 0 Å². The van der Waals surface area contributed by atoms with E-state index in [2.05, 4.69) is 10.6 Å². The van der Waals surface area contributed by atoms with E-state index in [0.29, 0.717) is 13.0 Å². The number of carbonyl (C=O) groups excluding carboxylic acids is 1. The highest BCUT2D eigenvalue weighted by Gasteiger charge is 2.18. The largest absolute Gasteiger partial charge is 0.480 e. The van der Waals surface area contributed by atoms with Crippen LogP contribution in [0.2, 0.25) is 0 Å². The van der Waals surface area contributed by atoms with Crippen molar-refractivity contribution in [1.82, 2.24) is 10.6 Å². The molecule has 1 atom stereocenters. The van der Waals surface area contributed by atoms with Gasteiger partial charge < -0.3 is 15.7 Å². The van der Waals surface area contributed by atoms with Crippen LogP contribution in [0.1, 0.15) is 37.3 Å². The lowest BCUT2D eigenvalue weighted by atomic mass is 10.1. The van der Waals surface area contributed by atoms with Crippen LogP contribution in [-0.2, 0) is 11.3 Å². The SMILES string of the molecule is CCCCC(NC(=O)NCc1ccccc1C)C(=O)O. The zero-order valence-corrected chi connectivity index (χ0v) is 12.0. The summed E-state index contributed by atoms with van der Waals surface area (Å²) in [6, 6.07) is 6.47. The highest BCUT2D eigenvalue weighted by molar-refractivity contribution is 5.82. The molecule has 0 radical (unpaired) electrons. The average Bonchev–Trinajstić information content (AvgIpc) is 2.42. The molecule has 0 saturated carbocycles. The van der Waals surface area contributed by atoms with Crippen molar-refractivity contribution < 1.29 is 14.7 Å². The summed E-state index contributed by atoms with van der Waals surface area (Å²) in [6.45, 7) is 4.34. The summed E-state index contributed by atoms with van der Waals surface area (Å²) >= 11 is 0. The Morgan fingerprint density at radius 2 is 2.00 bits per heavy atom. The molecule has 110 valence electrons. The number of carbonyl (C=O) groups is 2. The number of aliphatic carboxylic acids is 1. The first-order valence-electron chi connectivity index (χ1n) is 6.86. The number of amides is 2. The molecule has 0 aliphatic heterocycles. The van der Waals surface area contributed by atoms with Gasteiger partial charge in [-0.3, -0.25) is 0 Å². The maximum atomic E-state index is 11.7. The minimum Gasteiger partial charge on any atom is -0.480 e. The minimum atomic E-state index is -0.996. The van der Waals surface area contributed by atoms with Gasteiger partial charge in [0.1, 0.15) is 6.04 Å². The Morgan fingerprint density at radius 3 is 2.60 bits per heavy atom. The topological polar surface area (TPSA) is 78.4 Å². The van der Waals surface area contributed by atoms with Crippen LogP contribution in [-0.4, -0.2) is 23.1 Å². The summed E-state index contributed by atoms with van der Waals surface area (Å²) in [4.78, 5) is 22.7. The van der Waals surface area contributed by atoms with Gasteiger partial charge in [-0.2, -0.15) is 0 Å². The van der Waals surface area contributed by atoms with Crippen molar-refractivity contribution in [3.05, 3.63) is 35.4 Å². The summed E-state index contributed by atoms with van der Waals surface area (Å²) in [5.41, 5.74) is 2.11. The molecule has 2 amide bonds. The Morgan fingerprint density at radius 1 is 1.30 bits per heavy atom. The van der Waals surface area contributed by atoms with Gasteiger partial charge in [-0.25, -0.2) is 9.59 Å². The highest BCUT2D eigenvalue weighted by Crippen LogP contribution is 2.06. The molecule has 1 aromatic rings. The zero-order chi connectivity index (χ0) is 15.0. The van der Waals surface area contributed by atoms with E-state index in [-0.39, 0.29) is 0 Å². The predicted octanol–water partition coefficient (Wildman–Crippen LogP) is 2.44. The number of hydrogen-bond donors (Lipinski definition) is 3. The lowest BCUT2D eigenvalue weighted by molar-refractivity contribution is -0.139. The monoisotopic (exact) mass is 278 g/mol. The molecular formula is C15H22N2O3. The third-order valence-electron chi connectivity index (χ3n) is 3.15. The molecule has 0 aliphatic rings. The summed E-state index contributed by atoms with van der Waals surface area (Å²) in [7, 11) is 0. The van der Waals surface area contributed by atoms with Gasteiger partial charge >= 0.3 is 12.0 Å². The molecule has 0 aliphatic carbocycles. The van der Waals surface area contributed by atoms with E-state index in [9.17, 15) is 9.59 Å². The maximum absolute atomic E-state index is 11.7. The molecule has 1 unspecified atom stereocenters. The van der Waals surface area contributed by atoms with Gasteiger partial charge in [-0.05, 0) is 24.5 Å². The quantitative estimate of drug-likeness (QED) is 0.716. The van der Waals surface area contributed by atoms with Crippen LogP contribution in [0.15, 0.2) is 24.3 Å². The molecule has 0 aromatic heterocycles. The number of hydrogen-bond acceptors (Lipinski definition) is 2. The molecule has 5 heteroatoms. The molecule has 20 heavy (non-hydrogen) atoms. The van der Waals surface area contributed by atoms with Crippen LogP contribution >= 0.6 is 0 Å². The van der Waals surface area contributed by atoms with Gasteiger partial charge in [0.15, 0.2) is 0 Å². The van der Waals surface area contributed by atoms with Gasteiger partial charge in [-0.15, -0.1) is 0 Å². The first-order chi connectivity index (χ1) is 9.54. The second-order valence-electron chi connectivity index (χ2n) is 4.79. The van der Waals surface area contributed by atoms with E-state index in [4.69, 9.17) is 5.11 Å². The van der Waals surface area contributed by atoms with Crippen molar-refractivity contribution >= 4 is 12.0 Å². The number of benzene rings is 1. The van der Waals surface area contributed by atoms with Crippen molar-refractivity contribution in [3.63, 3.8) is 0 Å². The van der Waals surface area contributed by atoms with Crippen LogP contribution in [0.3, 0.4) is 0 Å². The van der Waals surface area contributed by atoms with Crippen molar-refractivity contribution in [2.75, 3.05) is 0 Å². The number of urea groups is 1. The number of nitrogens with one attached hydrogen (secondary N) is 2. The second-order valence-corrected chi connectivity index (χ2v) is 4.79. The molecular weight excluding hydrogens is 256 g/mol. The van der Waals surface area contributed by atoms with Crippen molar-refractivity contribution in [2.24, 2.45) is 0 Å². The number of unbranched alkanes of at least 4 members (excludes halogenated alkanes) is 1.